The molecule has 1 saturated heterocycles. The third-order valence-electron chi connectivity index (χ3n) is 5.56. The number of alkyl halides is 3. The number of halogens is 3. The van der Waals surface area contributed by atoms with E-state index < -0.39 is 30.1 Å². The average molecular weight is 406 g/mol. The first kappa shape index (κ1) is 23.2. The molecule has 0 aromatic heterocycles. The number of benzene rings is 1. The average Bonchev–Trinajstić information content (AvgIpc) is 2.96. The van der Waals surface area contributed by atoms with Crippen molar-refractivity contribution < 1.29 is 57.4 Å². The van der Waals surface area contributed by atoms with Gasteiger partial charge in [-0.25, -0.2) is 0 Å². The van der Waals surface area contributed by atoms with Gasteiger partial charge in [0, 0.05) is 13.1 Å². The van der Waals surface area contributed by atoms with E-state index in [4.69, 9.17) is 0 Å². The molecule has 1 N–H and O–H groups in total. The van der Waals surface area contributed by atoms with Gasteiger partial charge in [0.2, 0.25) is 5.91 Å². The number of carboxylic acid groups (broad SMARTS) is 1. The second kappa shape index (κ2) is 9.61. The van der Waals surface area contributed by atoms with Crippen molar-refractivity contribution in [2.24, 2.45) is 11.8 Å². The molecule has 3 rings (SSSR count). The Balaban J connectivity index is 0.00000280. The number of rotatable bonds is 6. The minimum Gasteiger partial charge on any atom is -0.548 e. The molecule has 2 fully saturated rings. The van der Waals surface area contributed by atoms with E-state index >= 15 is 0 Å². The number of nitrogens with zero attached hydrogens (tertiary/aromatic N) is 1. The van der Waals surface area contributed by atoms with Gasteiger partial charge in [-0.15, -0.1) is 0 Å². The molecule has 1 heterocycles. The van der Waals surface area contributed by atoms with Gasteiger partial charge in [-0.05, 0) is 37.2 Å². The largest absolute Gasteiger partial charge is 1.00 e. The molecule has 1 aromatic rings. The zero-order valence-corrected chi connectivity index (χ0v) is 17.7. The Labute approximate surface area is 184 Å². The fraction of sp³-hybridized carbons (Fsp3) is 0.579. The molecule has 2 atom stereocenters. The Morgan fingerprint density at radius 1 is 1.11 bits per heavy atom. The quantitative estimate of drug-likeness (QED) is 0.583. The van der Waals surface area contributed by atoms with Gasteiger partial charge in [0.25, 0.3) is 0 Å². The van der Waals surface area contributed by atoms with Crippen molar-refractivity contribution in [2.75, 3.05) is 6.54 Å². The maximum atomic E-state index is 12.5. The predicted octanol–water partition coefficient (Wildman–Crippen LogP) is -1.52. The van der Waals surface area contributed by atoms with E-state index in [0.717, 1.165) is 5.56 Å². The van der Waals surface area contributed by atoms with Crippen LogP contribution in [0.3, 0.4) is 0 Å². The number of hydrogen-bond acceptors (Lipinski definition) is 4. The molecule has 0 unspecified atom stereocenters. The third-order valence-corrected chi connectivity index (χ3v) is 5.56. The summed E-state index contributed by atoms with van der Waals surface area (Å²) in [5.41, 5.74) is 0.885. The molecular weight excluding hydrogens is 384 g/mol. The topological polar surface area (TPSA) is 72.5 Å². The molecule has 0 spiro atoms. The van der Waals surface area contributed by atoms with Crippen molar-refractivity contribution in [3.05, 3.63) is 35.9 Å². The molecule has 0 bridgehead atoms. The smallest absolute Gasteiger partial charge is 0.548 e. The molecular formula is C19H22F3N2NaO3. The van der Waals surface area contributed by atoms with E-state index in [1.807, 2.05) is 30.3 Å². The second-order valence-corrected chi connectivity index (χ2v) is 7.41. The first-order valence-electron chi connectivity index (χ1n) is 9.10. The van der Waals surface area contributed by atoms with Crippen LogP contribution in [-0.4, -0.2) is 41.6 Å². The van der Waals surface area contributed by atoms with E-state index in [2.05, 4.69) is 5.32 Å². The van der Waals surface area contributed by atoms with Gasteiger partial charge in [-0.3, -0.25) is 9.69 Å². The molecule has 0 radical (unpaired) electrons. The molecule has 1 aromatic carbocycles. The normalized spacial score (nSPS) is 27.5. The minimum atomic E-state index is -4.17. The monoisotopic (exact) mass is 406 g/mol. The maximum Gasteiger partial charge on any atom is 1.00 e. The molecule has 9 heteroatoms. The van der Waals surface area contributed by atoms with Crippen LogP contribution in [0.4, 0.5) is 13.2 Å². The Morgan fingerprint density at radius 2 is 1.71 bits per heavy atom. The van der Waals surface area contributed by atoms with E-state index in [1.54, 1.807) is 4.90 Å². The number of likely N-dealkylation sites (tertiary alicyclic amines) is 1. The number of carbonyl (C=O) groups is 2. The zero-order chi connectivity index (χ0) is 19.6. The van der Waals surface area contributed by atoms with Crippen molar-refractivity contribution in [3.63, 3.8) is 0 Å². The summed E-state index contributed by atoms with van der Waals surface area (Å²) in [6.07, 6.45) is -3.41. The van der Waals surface area contributed by atoms with E-state index in [-0.39, 0.29) is 60.8 Å². The van der Waals surface area contributed by atoms with Crippen molar-refractivity contribution in [2.45, 2.75) is 50.5 Å². The van der Waals surface area contributed by atoms with Crippen LogP contribution in [0.2, 0.25) is 0 Å². The Kier molecular flexibility index (Phi) is 7.96. The van der Waals surface area contributed by atoms with Gasteiger partial charge in [0.05, 0.1) is 24.0 Å². The summed E-state index contributed by atoms with van der Waals surface area (Å²) in [5, 5.41) is 14.1. The van der Waals surface area contributed by atoms with Crippen LogP contribution >= 0.6 is 0 Å². The van der Waals surface area contributed by atoms with Gasteiger partial charge in [0.1, 0.15) is 0 Å². The number of hydrogen-bond donors (Lipinski definition) is 1. The van der Waals surface area contributed by atoms with Gasteiger partial charge in [0.15, 0.2) is 0 Å². The van der Waals surface area contributed by atoms with Crippen LogP contribution in [0.15, 0.2) is 30.3 Å². The van der Waals surface area contributed by atoms with E-state index in [1.165, 1.54) is 0 Å². The van der Waals surface area contributed by atoms with Crippen molar-refractivity contribution in [3.8, 4) is 0 Å². The van der Waals surface area contributed by atoms with Crippen LogP contribution in [0, 0.1) is 11.8 Å². The SMILES string of the molecule is O=C(NCC1CC(C(F)(F)F)C1)[C@H]1CC[C@@H](C(=O)[O-])N1Cc1ccccc1.[Na+]. The summed E-state index contributed by atoms with van der Waals surface area (Å²) in [5.74, 6) is -3.00. The fourth-order valence-electron chi connectivity index (χ4n) is 3.95. The minimum absolute atomic E-state index is 0. The number of amides is 1. The van der Waals surface area contributed by atoms with E-state index in [0.29, 0.717) is 19.4 Å². The summed E-state index contributed by atoms with van der Waals surface area (Å²) < 4.78 is 37.6. The van der Waals surface area contributed by atoms with Crippen LogP contribution in [0.1, 0.15) is 31.2 Å². The molecule has 5 nitrogen and oxygen atoms in total. The molecule has 28 heavy (non-hydrogen) atoms. The Hall–Kier alpha value is -1.09. The number of nitrogens with one attached hydrogen (secondary N) is 1. The number of carbonyl (C=O) groups excluding carboxylic acids is 2. The van der Waals surface area contributed by atoms with Crippen LogP contribution < -0.4 is 40.0 Å². The second-order valence-electron chi connectivity index (χ2n) is 7.41. The molecule has 1 aliphatic heterocycles. The van der Waals surface area contributed by atoms with Crippen LogP contribution in [0.25, 0.3) is 0 Å². The van der Waals surface area contributed by atoms with Gasteiger partial charge in [-0.1, -0.05) is 30.3 Å². The first-order chi connectivity index (χ1) is 12.8. The van der Waals surface area contributed by atoms with Gasteiger partial charge in [-0.2, -0.15) is 13.2 Å². The van der Waals surface area contributed by atoms with Crippen LogP contribution in [-0.2, 0) is 16.1 Å². The predicted molar refractivity (Wildman–Crippen MR) is 89.1 cm³/mol. The number of carboxylic acids is 1. The third kappa shape index (κ3) is 5.49. The summed E-state index contributed by atoms with van der Waals surface area (Å²) in [6.45, 7) is 0.494. The summed E-state index contributed by atoms with van der Waals surface area (Å²) in [6, 6.07) is 7.76. The van der Waals surface area contributed by atoms with Crippen molar-refractivity contribution in [1.82, 2.24) is 10.2 Å². The molecule has 1 saturated carbocycles. The summed E-state index contributed by atoms with van der Waals surface area (Å²) >= 11 is 0. The van der Waals surface area contributed by atoms with Gasteiger partial charge >= 0.3 is 35.7 Å². The molecule has 1 aliphatic carbocycles. The molecule has 1 amide bonds. The Bertz CT molecular complexity index is 681. The van der Waals surface area contributed by atoms with E-state index in [9.17, 15) is 27.9 Å². The number of aliphatic carboxylic acids is 1. The van der Waals surface area contributed by atoms with Crippen molar-refractivity contribution in [1.29, 1.82) is 0 Å². The van der Waals surface area contributed by atoms with Gasteiger partial charge < -0.3 is 15.2 Å². The summed E-state index contributed by atoms with van der Waals surface area (Å²) in [4.78, 5) is 25.6. The standard InChI is InChI=1S/C19H23F3N2O3.Na/c20-19(21,22)14-8-13(9-14)10-23-17(25)15-6-7-16(18(26)27)24(15)11-12-4-2-1-3-5-12;/h1-5,13-16H,6-11H2,(H,23,25)(H,26,27);/q;+1/p-1/t13?,14?,15-,16+;/m1./s1. The zero-order valence-electron chi connectivity index (χ0n) is 15.7. The first-order valence-corrected chi connectivity index (χ1v) is 9.10. The molecule has 148 valence electrons. The van der Waals surface area contributed by atoms with Crippen molar-refractivity contribution >= 4 is 11.9 Å². The molecule has 2 aliphatic rings. The summed E-state index contributed by atoms with van der Waals surface area (Å²) in [7, 11) is 0. The maximum absolute atomic E-state index is 12.5. The van der Waals surface area contributed by atoms with Crippen LogP contribution in [0.5, 0.6) is 0 Å². The Morgan fingerprint density at radius 3 is 2.29 bits per heavy atom. The fourth-order valence-corrected chi connectivity index (χ4v) is 3.95.